The van der Waals surface area contributed by atoms with Crippen LogP contribution < -0.4 is 5.73 Å². The van der Waals surface area contributed by atoms with Gasteiger partial charge in [-0.3, -0.25) is 4.68 Å². The Labute approximate surface area is 120 Å². The van der Waals surface area contributed by atoms with Gasteiger partial charge in [-0.2, -0.15) is 5.10 Å². The van der Waals surface area contributed by atoms with Crippen molar-refractivity contribution in [3.8, 4) is 11.3 Å². The van der Waals surface area contributed by atoms with Gasteiger partial charge >= 0.3 is 0 Å². The van der Waals surface area contributed by atoms with Crippen LogP contribution in [0.5, 0.6) is 0 Å². The highest BCUT2D eigenvalue weighted by Gasteiger charge is 2.16. The van der Waals surface area contributed by atoms with Gasteiger partial charge in [0.05, 0.1) is 11.1 Å². The molecule has 0 atom stereocenters. The molecule has 4 aromatic heterocycles. The molecule has 0 saturated heterocycles. The van der Waals surface area contributed by atoms with Crippen LogP contribution in [0.2, 0.25) is 0 Å². The van der Waals surface area contributed by atoms with E-state index >= 15 is 0 Å². The molecule has 7 heteroatoms. The SMILES string of the molecule is Cc1nc(N)c2c(-c3ccc4nccn4c3)n(C)nc2n1. The maximum absolute atomic E-state index is 6.08. The number of nitrogens with zero attached hydrogens (tertiary/aromatic N) is 6. The lowest BCUT2D eigenvalue weighted by atomic mass is 10.1. The molecule has 0 aliphatic heterocycles. The number of aromatic nitrogens is 6. The molecule has 0 fully saturated rings. The molecule has 4 rings (SSSR count). The Balaban J connectivity index is 2.07. The average Bonchev–Trinajstić information content (AvgIpc) is 3.01. The average molecular weight is 279 g/mol. The van der Waals surface area contributed by atoms with Crippen LogP contribution >= 0.6 is 0 Å². The molecule has 0 bridgehead atoms. The summed E-state index contributed by atoms with van der Waals surface area (Å²) < 4.78 is 3.74. The first-order valence-corrected chi connectivity index (χ1v) is 6.53. The predicted octanol–water partition coefficient (Wildman–Crippen LogP) is 1.57. The molecule has 0 aliphatic carbocycles. The first kappa shape index (κ1) is 11.8. The van der Waals surface area contributed by atoms with Gasteiger partial charge in [-0.1, -0.05) is 0 Å². The van der Waals surface area contributed by atoms with Crippen LogP contribution in [0.3, 0.4) is 0 Å². The minimum absolute atomic E-state index is 0.450. The number of imidazole rings is 1. The molecule has 0 aliphatic rings. The fraction of sp³-hybridized carbons (Fsp3) is 0.143. The summed E-state index contributed by atoms with van der Waals surface area (Å²) in [5.74, 6) is 1.07. The van der Waals surface area contributed by atoms with Crippen molar-refractivity contribution in [1.29, 1.82) is 0 Å². The summed E-state index contributed by atoms with van der Waals surface area (Å²) in [7, 11) is 1.88. The number of fused-ring (bicyclic) bond motifs is 2. The van der Waals surface area contributed by atoms with Crippen molar-refractivity contribution in [3.63, 3.8) is 0 Å². The summed E-state index contributed by atoms with van der Waals surface area (Å²) in [6.45, 7) is 1.81. The molecule has 104 valence electrons. The van der Waals surface area contributed by atoms with Gasteiger partial charge in [0, 0.05) is 31.2 Å². The van der Waals surface area contributed by atoms with Crippen LogP contribution in [0.25, 0.3) is 27.9 Å². The number of rotatable bonds is 1. The Morgan fingerprint density at radius 3 is 2.90 bits per heavy atom. The fourth-order valence-corrected chi connectivity index (χ4v) is 2.62. The summed E-state index contributed by atoms with van der Waals surface area (Å²) in [6, 6.07) is 3.96. The van der Waals surface area contributed by atoms with Crippen LogP contribution in [-0.4, -0.2) is 29.1 Å². The summed E-state index contributed by atoms with van der Waals surface area (Å²) >= 11 is 0. The molecule has 0 saturated carbocycles. The largest absolute Gasteiger partial charge is 0.383 e. The number of hydrogen-bond acceptors (Lipinski definition) is 5. The molecular formula is C14H13N7. The molecule has 0 radical (unpaired) electrons. The maximum Gasteiger partial charge on any atom is 0.187 e. The molecule has 4 aromatic rings. The third kappa shape index (κ3) is 1.67. The van der Waals surface area contributed by atoms with Crippen molar-refractivity contribution in [2.45, 2.75) is 6.92 Å². The minimum atomic E-state index is 0.450. The molecule has 2 N–H and O–H groups in total. The second-order valence-corrected chi connectivity index (χ2v) is 4.94. The highest BCUT2D eigenvalue weighted by molar-refractivity contribution is 5.98. The number of nitrogen functional groups attached to an aromatic ring is 1. The normalized spacial score (nSPS) is 11.5. The van der Waals surface area contributed by atoms with Crippen molar-refractivity contribution in [1.82, 2.24) is 29.1 Å². The molecule has 4 heterocycles. The van der Waals surface area contributed by atoms with Crippen LogP contribution in [0.15, 0.2) is 30.7 Å². The zero-order valence-electron chi connectivity index (χ0n) is 11.6. The van der Waals surface area contributed by atoms with Crippen LogP contribution in [-0.2, 0) is 7.05 Å². The van der Waals surface area contributed by atoms with Crippen molar-refractivity contribution in [3.05, 3.63) is 36.5 Å². The van der Waals surface area contributed by atoms with Gasteiger partial charge < -0.3 is 10.1 Å². The second kappa shape index (κ2) is 4.02. The van der Waals surface area contributed by atoms with E-state index in [2.05, 4.69) is 20.1 Å². The van der Waals surface area contributed by atoms with E-state index in [4.69, 9.17) is 5.73 Å². The van der Waals surface area contributed by atoms with Crippen molar-refractivity contribution < 1.29 is 0 Å². The van der Waals surface area contributed by atoms with Crippen LogP contribution in [0, 0.1) is 6.92 Å². The van der Waals surface area contributed by atoms with E-state index in [1.807, 2.05) is 42.9 Å². The lowest BCUT2D eigenvalue weighted by Crippen LogP contribution is -1.97. The van der Waals surface area contributed by atoms with Crippen LogP contribution in [0.4, 0.5) is 5.82 Å². The summed E-state index contributed by atoms with van der Waals surface area (Å²) in [5, 5.41) is 5.22. The maximum atomic E-state index is 6.08. The first-order valence-electron chi connectivity index (χ1n) is 6.53. The molecule has 0 spiro atoms. The molecule has 0 unspecified atom stereocenters. The molecule has 21 heavy (non-hydrogen) atoms. The Hall–Kier alpha value is -2.96. The lowest BCUT2D eigenvalue weighted by Gasteiger charge is -2.05. The van der Waals surface area contributed by atoms with E-state index in [1.54, 1.807) is 10.9 Å². The number of nitrogens with two attached hydrogens (primary N) is 1. The van der Waals surface area contributed by atoms with Gasteiger partial charge in [0.15, 0.2) is 5.65 Å². The summed E-state index contributed by atoms with van der Waals surface area (Å²) in [6.07, 6.45) is 5.67. The van der Waals surface area contributed by atoms with Crippen molar-refractivity contribution in [2.24, 2.45) is 7.05 Å². The van der Waals surface area contributed by atoms with E-state index in [1.165, 1.54) is 0 Å². The van der Waals surface area contributed by atoms with Gasteiger partial charge in [-0.05, 0) is 19.1 Å². The highest BCUT2D eigenvalue weighted by Crippen LogP contribution is 2.30. The third-order valence-electron chi connectivity index (χ3n) is 3.50. The molecular weight excluding hydrogens is 266 g/mol. The quantitative estimate of drug-likeness (QED) is 0.571. The predicted molar refractivity (Wildman–Crippen MR) is 79.6 cm³/mol. The topological polar surface area (TPSA) is 86.9 Å². The first-order chi connectivity index (χ1) is 10.1. The van der Waals surface area contributed by atoms with Gasteiger partial charge in [0.1, 0.15) is 17.3 Å². The van der Waals surface area contributed by atoms with Gasteiger partial charge in [0.25, 0.3) is 0 Å². The minimum Gasteiger partial charge on any atom is -0.383 e. The van der Waals surface area contributed by atoms with Gasteiger partial charge in [-0.15, -0.1) is 0 Å². The third-order valence-corrected chi connectivity index (χ3v) is 3.50. The van der Waals surface area contributed by atoms with E-state index < -0.39 is 0 Å². The highest BCUT2D eigenvalue weighted by atomic mass is 15.3. The van der Waals surface area contributed by atoms with E-state index in [9.17, 15) is 0 Å². The van der Waals surface area contributed by atoms with Crippen molar-refractivity contribution >= 4 is 22.5 Å². The number of aryl methyl sites for hydroxylation is 2. The Morgan fingerprint density at radius 2 is 2.05 bits per heavy atom. The van der Waals surface area contributed by atoms with Gasteiger partial charge in [0.2, 0.25) is 0 Å². The number of pyridine rings is 1. The van der Waals surface area contributed by atoms with E-state index in [0.717, 1.165) is 22.3 Å². The molecule has 0 aromatic carbocycles. The summed E-state index contributed by atoms with van der Waals surface area (Å²) in [4.78, 5) is 12.8. The number of anilines is 1. The zero-order chi connectivity index (χ0) is 14.6. The Kier molecular flexibility index (Phi) is 2.26. The van der Waals surface area contributed by atoms with Crippen molar-refractivity contribution in [2.75, 3.05) is 5.73 Å². The zero-order valence-corrected chi connectivity index (χ0v) is 11.6. The second-order valence-electron chi connectivity index (χ2n) is 4.94. The Bertz CT molecular complexity index is 980. The Morgan fingerprint density at radius 1 is 1.19 bits per heavy atom. The van der Waals surface area contributed by atoms with Crippen LogP contribution in [0.1, 0.15) is 5.82 Å². The van der Waals surface area contributed by atoms with E-state index in [-0.39, 0.29) is 0 Å². The summed E-state index contributed by atoms with van der Waals surface area (Å²) in [5.41, 5.74) is 9.48. The molecule has 0 amide bonds. The monoisotopic (exact) mass is 279 g/mol. The van der Waals surface area contributed by atoms with Gasteiger partial charge in [-0.25, -0.2) is 15.0 Å². The number of hydrogen-bond donors (Lipinski definition) is 1. The fourth-order valence-electron chi connectivity index (χ4n) is 2.62. The lowest BCUT2D eigenvalue weighted by molar-refractivity contribution is 0.782. The smallest absolute Gasteiger partial charge is 0.187 e. The standard InChI is InChI=1S/C14H13N7/c1-8-17-13(15)11-12(20(2)19-14(11)18-8)9-3-4-10-16-5-6-21(10)7-9/h3-7H,1-2H3,(H2,15,17,18,19). The van der Waals surface area contributed by atoms with E-state index in [0.29, 0.717) is 17.3 Å². The molecule has 7 nitrogen and oxygen atoms in total.